The van der Waals surface area contributed by atoms with E-state index in [-0.39, 0.29) is 0 Å². The molecule has 1 rings (SSSR count). The van der Waals surface area contributed by atoms with Gasteiger partial charge in [0, 0.05) is 31.6 Å². The zero-order chi connectivity index (χ0) is 13.1. The second-order valence-corrected chi connectivity index (χ2v) is 6.91. The monoisotopic (exact) mass is 255 g/mol. The molecule has 0 aliphatic rings. The Bertz CT molecular complexity index is 339. The zero-order valence-corrected chi connectivity index (χ0v) is 12.7. The number of rotatable bonds is 5. The minimum atomic E-state index is 0.302. The van der Waals surface area contributed by atoms with E-state index in [1.165, 1.54) is 0 Å². The Morgan fingerprint density at radius 1 is 1.41 bits per heavy atom. The molecule has 1 N–H and O–H groups in total. The quantitative estimate of drug-likeness (QED) is 0.876. The molecule has 0 unspecified atom stereocenters. The Morgan fingerprint density at radius 2 is 2.06 bits per heavy atom. The fourth-order valence-corrected chi connectivity index (χ4v) is 2.43. The molecule has 3 nitrogen and oxygen atoms in total. The number of hydrogen-bond donors (Lipinski definition) is 1. The smallest absolute Gasteiger partial charge is 0.185 e. The van der Waals surface area contributed by atoms with Crippen molar-refractivity contribution in [3.8, 4) is 0 Å². The van der Waals surface area contributed by atoms with E-state index in [0.29, 0.717) is 11.5 Å². The lowest BCUT2D eigenvalue weighted by atomic mass is 9.96. The van der Waals surface area contributed by atoms with Gasteiger partial charge < -0.3 is 10.2 Å². The Morgan fingerprint density at radius 3 is 2.59 bits per heavy atom. The molecular weight excluding hydrogens is 230 g/mol. The molecule has 0 bridgehead atoms. The highest BCUT2D eigenvalue weighted by atomic mass is 32.1. The molecule has 1 aromatic heterocycles. The first kappa shape index (κ1) is 14.5. The maximum absolute atomic E-state index is 4.65. The number of nitrogens with zero attached hydrogens (tertiary/aromatic N) is 2. The molecule has 0 fully saturated rings. The van der Waals surface area contributed by atoms with Gasteiger partial charge in [-0.15, -0.1) is 11.3 Å². The van der Waals surface area contributed by atoms with Crippen LogP contribution in [0.3, 0.4) is 0 Å². The molecular formula is C13H25N3S. The van der Waals surface area contributed by atoms with Crippen LogP contribution in [-0.2, 0) is 6.54 Å². The third-order valence-electron chi connectivity index (χ3n) is 2.27. The van der Waals surface area contributed by atoms with Crippen molar-refractivity contribution < 1.29 is 0 Å². The van der Waals surface area contributed by atoms with Crippen molar-refractivity contribution in [2.24, 2.45) is 5.41 Å². The van der Waals surface area contributed by atoms with Crippen LogP contribution in [0.4, 0.5) is 5.13 Å². The standard InChI is InChI=1S/C13H25N3S/c1-10(2)14-7-11-8-17-12(15-11)16(6)9-13(3,4)5/h8,10,14H,7,9H2,1-6H3. The summed E-state index contributed by atoms with van der Waals surface area (Å²) >= 11 is 1.72. The van der Waals surface area contributed by atoms with Crippen molar-refractivity contribution in [3.05, 3.63) is 11.1 Å². The second kappa shape index (κ2) is 5.83. The highest BCUT2D eigenvalue weighted by Crippen LogP contribution is 2.23. The average molecular weight is 255 g/mol. The summed E-state index contributed by atoms with van der Waals surface area (Å²) in [6.07, 6.45) is 0. The Kier molecular flexibility index (Phi) is 4.95. The molecule has 98 valence electrons. The molecule has 4 heteroatoms. The van der Waals surface area contributed by atoms with E-state index in [0.717, 1.165) is 23.9 Å². The molecule has 17 heavy (non-hydrogen) atoms. The predicted octanol–water partition coefficient (Wildman–Crippen LogP) is 3.12. The second-order valence-electron chi connectivity index (χ2n) is 6.07. The van der Waals surface area contributed by atoms with Gasteiger partial charge in [-0.2, -0.15) is 0 Å². The largest absolute Gasteiger partial charge is 0.351 e. The van der Waals surface area contributed by atoms with E-state index in [9.17, 15) is 0 Å². The first-order chi connectivity index (χ1) is 7.78. The first-order valence-corrected chi connectivity index (χ1v) is 7.05. The van der Waals surface area contributed by atoms with Crippen LogP contribution in [0.25, 0.3) is 0 Å². The van der Waals surface area contributed by atoms with Crippen molar-refractivity contribution in [1.29, 1.82) is 0 Å². The summed E-state index contributed by atoms with van der Waals surface area (Å²) in [5.41, 5.74) is 1.44. The van der Waals surface area contributed by atoms with Crippen molar-refractivity contribution in [2.45, 2.75) is 47.2 Å². The number of hydrogen-bond acceptors (Lipinski definition) is 4. The fourth-order valence-electron chi connectivity index (χ4n) is 1.64. The average Bonchev–Trinajstić information content (AvgIpc) is 2.60. The van der Waals surface area contributed by atoms with Crippen LogP contribution in [0.1, 0.15) is 40.3 Å². The summed E-state index contributed by atoms with van der Waals surface area (Å²) < 4.78 is 0. The Hall–Kier alpha value is -0.610. The topological polar surface area (TPSA) is 28.2 Å². The number of aromatic nitrogens is 1. The van der Waals surface area contributed by atoms with Crippen LogP contribution in [0.2, 0.25) is 0 Å². The van der Waals surface area contributed by atoms with Crippen molar-refractivity contribution in [2.75, 3.05) is 18.5 Å². The maximum atomic E-state index is 4.65. The summed E-state index contributed by atoms with van der Waals surface area (Å²) in [7, 11) is 2.11. The van der Waals surface area contributed by atoms with Crippen LogP contribution < -0.4 is 10.2 Å². The van der Waals surface area contributed by atoms with E-state index in [1.54, 1.807) is 11.3 Å². The third-order valence-corrected chi connectivity index (χ3v) is 3.27. The molecule has 0 aromatic carbocycles. The number of nitrogens with one attached hydrogen (secondary N) is 1. The SMILES string of the molecule is CC(C)NCc1csc(N(C)CC(C)(C)C)n1. The van der Waals surface area contributed by atoms with E-state index in [2.05, 4.69) is 62.2 Å². The summed E-state index contributed by atoms with van der Waals surface area (Å²) in [5.74, 6) is 0. The minimum absolute atomic E-state index is 0.302. The lowest BCUT2D eigenvalue weighted by Crippen LogP contribution is -2.29. The van der Waals surface area contributed by atoms with Crippen LogP contribution >= 0.6 is 11.3 Å². The first-order valence-electron chi connectivity index (χ1n) is 6.17. The van der Waals surface area contributed by atoms with Crippen LogP contribution in [0.15, 0.2) is 5.38 Å². The Balaban J connectivity index is 2.55. The highest BCUT2D eigenvalue weighted by Gasteiger charge is 2.16. The molecule has 0 saturated carbocycles. The van der Waals surface area contributed by atoms with Gasteiger partial charge in [-0.1, -0.05) is 34.6 Å². The van der Waals surface area contributed by atoms with Gasteiger partial charge in [-0.3, -0.25) is 0 Å². The minimum Gasteiger partial charge on any atom is -0.351 e. The van der Waals surface area contributed by atoms with Crippen molar-refractivity contribution in [3.63, 3.8) is 0 Å². The zero-order valence-electron chi connectivity index (χ0n) is 11.9. The normalized spacial score (nSPS) is 12.2. The number of thiazole rings is 1. The molecule has 0 aliphatic carbocycles. The van der Waals surface area contributed by atoms with Gasteiger partial charge in [-0.25, -0.2) is 4.98 Å². The van der Waals surface area contributed by atoms with Crippen LogP contribution in [-0.4, -0.2) is 24.6 Å². The summed E-state index contributed by atoms with van der Waals surface area (Å²) in [6, 6.07) is 0.507. The van der Waals surface area contributed by atoms with Gasteiger partial charge in [0.05, 0.1) is 5.69 Å². The van der Waals surface area contributed by atoms with Gasteiger partial charge in [0.1, 0.15) is 0 Å². The summed E-state index contributed by atoms with van der Waals surface area (Å²) in [5, 5.41) is 6.64. The molecule has 1 aromatic rings. The third kappa shape index (κ3) is 5.50. The summed E-state index contributed by atoms with van der Waals surface area (Å²) in [6.45, 7) is 12.9. The Labute approximate surface area is 109 Å². The van der Waals surface area contributed by atoms with Crippen LogP contribution in [0, 0.1) is 5.41 Å². The van der Waals surface area contributed by atoms with Gasteiger partial charge in [0.2, 0.25) is 0 Å². The van der Waals surface area contributed by atoms with Crippen molar-refractivity contribution >= 4 is 16.5 Å². The highest BCUT2D eigenvalue weighted by molar-refractivity contribution is 7.13. The van der Waals surface area contributed by atoms with Gasteiger partial charge in [0.25, 0.3) is 0 Å². The molecule has 0 radical (unpaired) electrons. The van der Waals surface area contributed by atoms with Gasteiger partial charge in [-0.05, 0) is 5.41 Å². The van der Waals surface area contributed by atoms with Crippen molar-refractivity contribution in [1.82, 2.24) is 10.3 Å². The lowest BCUT2D eigenvalue weighted by Gasteiger charge is -2.26. The lowest BCUT2D eigenvalue weighted by molar-refractivity contribution is 0.418. The molecule has 1 heterocycles. The molecule has 0 atom stereocenters. The molecule has 0 amide bonds. The van der Waals surface area contributed by atoms with Gasteiger partial charge >= 0.3 is 0 Å². The predicted molar refractivity (Wildman–Crippen MR) is 76.8 cm³/mol. The fraction of sp³-hybridized carbons (Fsp3) is 0.769. The number of anilines is 1. The maximum Gasteiger partial charge on any atom is 0.185 e. The summed E-state index contributed by atoms with van der Waals surface area (Å²) in [4.78, 5) is 6.89. The van der Waals surface area contributed by atoms with E-state index < -0.39 is 0 Å². The van der Waals surface area contributed by atoms with E-state index >= 15 is 0 Å². The molecule has 0 saturated heterocycles. The molecule has 0 aliphatic heterocycles. The van der Waals surface area contributed by atoms with E-state index in [4.69, 9.17) is 0 Å². The molecule has 0 spiro atoms. The van der Waals surface area contributed by atoms with Crippen LogP contribution in [0.5, 0.6) is 0 Å². The van der Waals surface area contributed by atoms with E-state index in [1.807, 2.05) is 0 Å². The van der Waals surface area contributed by atoms with Gasteiger partial charge in [0.15, 0.2) is 5.13 Å².